The van der Waals surface area contributed by atoms with Crippen LogP contribution in [0.1, 0.15) is 18.4 Å². The number of ether oxygens (including phenoxy) is 1. The lowest BCUT2D eigenvalue weighted by Gasteiger charge is -2.35. The molecule has 0 saturated carbocycles. The summed E-state index contributed by atoms with van der Waals surface area (Å²) in [4.78, 5) is 13.7. The van der Waals surface area contributed by atoms with E-state index in [1.54, 1.807) is 36.2 Å². The van der Waals surface area contributed by atoms with Gasteiger partial charge in [-0.2, -0.15) is 0 Å². The molecule has 0 atom stereocenters. The lowest BCUT2D eigenvalue weighted by Crippen LogP contribution is -2.47. The maximum atomic E-state index is 12.1. The molecule has 1 aromatic carbocycles. The number of phenols is 1. The van der Waals surface area contributed by atoms with Crippen molar-refractivity contribution in [3.05, 3.63) is 29.8 Å². The van der Waals surface area contributed by atoms with Gasteiger partial charge in [-0.15, -0.1) is 0 Å². The van der Waals surface area contributed by atoms with E-state index in [4.69, 9.17) is 4.74 Å². The van der Waals surface area contributed by atoms with E-state index in [0.29, 0.717) is 32.6 Å². The third-order valence-corrected chi connectivity index (χ3v) is 3.65. The number of hydrogen-bond donors (Lipinski definition) is 2. The van der Waals surface area contributed by atoms with Gasteiger partial charge in [-0.3, -0.25) is 4.79 Å². The number of nitrogens with zero attached hydrogens (tertiary/aromatic N) is 1. The summed E-state index contributed by atoms with van der Waals surface area (Å²) in [6.07, 6.45) is 1.32. The van der Waals surface area contributed by atoms with Crippen molar-refractivity contribution in [1.82, 2.24) is 4.90 Å². The smallest absolute Gasteiger partial charge is 0.226 e. The lowest BCUT2D eigenvalue weighted by atomic mass is 9.94. The molecule has 0 radical (unpaired) electrons. The van der Waals surface area contributed by atoms with Crippen LogP contribution in [0.4, 0.5) is 0 Å². The molecule has 1 fully saturated rings. The molecule has 2 rings (SSSR count). The second kappa shape index (κ2) is 6.24. The van der Waals surface area contributed by atoms with Gasteiger partial charge in [0.1, 0.15) is 5.75 Å². The summed E-state index contributed by atoms with van der Waals surface area (Å²) in [5.41, 5.74) is -0.0811. The number of benzene rings is 1. The molecule has 0 aliphatic carbocycles. The number of phenolic OH excluding ortho intramolecular Hbond substituents is 1. The van der Waals surface area contributed by atoms with E-state index in [2.05, 4.69) is 0 Å². The molecule has 0 bridgehead atoms. The van der Waals surface area contributed by atoms with E-state index in [1.807, 2.05) is 0 Å². The molecule has 0 unspecified atom stereocenters. The van der Waals surface area contributed by atoms with Gasteiger partial charge < -0.3 is 19.8 Å². The molecular weight excluding hydrogens is 258 g/mol. The quantitative estimate of drug-likeness (QED) is 0.860. The zero-order valence-electron chi connectivity index (χ0n) is 11.7. The van der Waals surface area contributed by atoms with Crippen molar-refractivity contribution in [2.45, 2.75) is 24.9 Å². The molecule has 1 saturated heterocycles. The Kier molecular flexibility index (Phi) is 4.62. The van der Waals surface area contributed by atoms with Crippen molar-refractivity contribution >= 4 is 5.91 Å². The Balaban J connectivity index is 1.91. The van der Waals surface area contributed by atoms with Gasteiger partial charge in [-0.05, 0) is 17.7 Å². The SMILES string of the molecule is CN(CC1(O)CCOCC1)C(=O)Cc1cccc(O)c1. The molecule has 1 aliphatic heterocycles. The molecule has 0 spiro atoms. The standard InChI is InChI=1S/C15H21NO4/c1-16(11-15(19)5-7-20-8-6-15)14(18)10-12-3-2-4-13(17)9-12/h2-4,9,17,19H,5-8,10-11H2,1H3. The number of hydrogen-bond acceptors (Lipinski definition) is 4. The van der Waals surface area contributed by atoms with Crippen LogP contribution >= 0.6 is 0 Å². The Bertz CT molecular complexity index is 469. The van der Waals surface area contributed by atoms with Gasteiger partial charge in [0.15, 0.2) is 0 Å². The predicted octanol–water partition coefficient (Wildman–Crippen LogP) is 0.935. The lowest BCUT2D eigenvalue weighted by molar-refractivity contribution is -0.136. The fourth-order valence-corrected chi connectivity index (χ4v) is 2.42. The Morgan fingerprint density at radius 1 is 1.40 bits per heavy atom. The second-order valence-corrected chi connectivity index (χ2v) is 5.43. The largest absolute Gasteiger partial charge is 0.508 e. The average molecular weight is 279 g/mol. The summed E-state index contributed by atoms with van der Waals surface area (Å²) in [6.45, 7) is 1.38. The van der Waals surface area contributed by atoms with Crippen molar-refractivity contribution in [3.8, 4) is 5.75 Å². The van der Waals surface area contributed by atoms with Crippen molar-refractivity contribution in [2.24, 2.45) is 0 Å². The first-order valence-electron chi connectivity index (χ1n) is 6.80. The molecule has 0 aromatic heterocycles. The summed E-state index contributed by atoms with van der Waals surface area (Å²) >= 11 is 0. The molecule has 1 amide bonds. The van der Waals surface area contributed by atoms with Crippen LogP contribution in [0.15, 0.2) is 24.3 Å². The van der Waals surface area contributed by atoms with Crippen molar-refractivity contribution in [2.75, 3.05) is 26.8 Å². The average Bonchev–Trinajstić information content (AvgIpc) is 2.39. The van der Waals surface area contributed by atoms with Crippen molar-refractivity contribution in [3.63, 3.8) is 0 Å². The van der Waals surface area contributed by atoms with Gasteiger partial charge >= 0.3 is 0 Å². The first kappa shape index (κ1) is 14.8. The van der Waals surface area contributed by atoms with E-state index < -0.39 is 5.60 Å². The number of likely N-dealkylation sites (N-methyl/N-ethyl adjacent to an activating group) is 1. The molecular formula is C15H21NO4. The van der Waals surface area contributed by atoms with Crippen LogP contribution in [0.5, 0.6) is 5.75 Å². The normalized spacial score (nSPS) is 17.7. The van der Waals surface area contributed by atoms with Crippen LogP contribution in [0.3, 0.4) is 0 Å². The first-order chi connectivity index (χ1) is 9.48. The monoisotopic (exact) mass is 279 g/mol. The third kappa shape index (κ3) is 3.95. The van der Waals surface area contributed by atoms with Crippen LogP contribution in [-0.4, -0.2) is 53.4 Å². The van der Waals surface area contributed by atoms with Gasteiger partial charge in [0.25, 0.3) is 0 Å². The van der Waals surface area contributed by atoms with E-state index in [1.165, 1.54) is 0 Å². The second-order valence-electron chi connectivity index (χ2n) is 5.43. The maximum absolute atomic E-state index is 12.1. The minimum atomic E-state index is -0.846. The highest BCUT2D eigenvalue weighted by Gasteiger charge is 2.32. The minimum Gasteiger partial charge on any atom is -0.508 e. The zero-order chi connectivity index (χ0) is 14.6. The summed E-state index contributed by atoms with van der Waals surface area (Å²) in [5.74, 6) is 0.0801. The number of carbonyl (C=O) groups is 1. The molecule has 1 heterocycles. The molecule has 20 heavy (non-hydrogen) atoms. The van der Waals surface area contributed by atoms with Crippen LogP contribution in [0.25, 0.3) is 0 Å². The highest BCUT2D eigenvalue weighted by atomic mass is 16.5. The van der Waals surface area contributed by atoms with Gasteiger partial charge in [0.2, 0.25) is 5.91 Å². The summed E-state index contributed by atoms with van der Waals surface area (Å²) in [5, 5.41) is 19.8. The first-order valence-corrected chi connectivity index (χ1v) is 6.80. The highest BCUT2D eigenvalue weighted by molar-refractivity contribution is 5.78. The molecule has 1 aromatic rings. The number of rotatable bonds is 4. The van der Waals surface area contributed by atoms with Gasteiger partial charge in [0.05, 0.1) is 12.0 Å². The Hall–Kier alpha value is -1.59. The predicted molar refractivity (Wildman–Crippen MR) is 74.5 cm³/mol. The zero-order valence-corrected chi connectivity index (χ0v) is 11.7. The van der Waals surface area contributed by atoms with Crippen LogP contribution < -0.4 is 0 Å². The third-order valence-electron chi connectivity index (χ3n) is 3.65. The molecule has 2 N–H and O–H groups in total. The topological polar surface area (TPSA) is 70.0 Å². The van der Waals surface area contributed by atoms with Crippen molar-refractivity contribution < 1.29 is 19.7 Å². The van der Waals surface area contributed by atoms with Crippen molar-refractivity contribution in [1.29, 1.82) is 0 Å². The van der Waals surface area contributed by atoms with Crippen LogP contribution in [0.2, 0.25) is 0 Å². The number of aromatic hydroxyl groups is 1. The summed E-state index contributed by atoms with van der Waals surface area (Å²) in [6, 6.07) is 6.66. The van der Waals surface area contributed by atoms with E-state index in [9.17, 15) is 15.0 Å². The van der Waals surface area contributed by atoms with E-state index in [-0.39, 0.29) is 18.1 Å². The molecule has 5 heteroatoms. The fourth-order valence-electron chi connectivity index (χ4n) is 2.42. The minimum absolute atomic E-state index is 0.0736. The van der Waals surface area contributed by atoms with Gasteiger partial charge in [-0.1, -0.05) is 12.1 Å². The van der Waals surface area contributed by atoms with Crippen LogP contribution in [-0.2, 0) is 16.0 Å². The van der Waals surface area contributed by atoms with Gasteiger partial charge in [0, 0.05) is 39.6 Å². The number of aliphatic hydroxyl groups is 1. The molecule has 110 valence electrons. The van der Waals surface area contributed by atoms with E-state index in [0.717, 1.165) is 5.56 Å². The molecule has 5 nitrogen and oxygen atoms in total. The van der Waals surface area contributed by atoms with Gasteiger partial charge in [-0.25, -0.2) is 0 Å². The van der Waals surface area contributed by atoms with Crippen LogP contribution in [0, 0.1) is 0 Å². The number of amides is 1. The summed E-state index contributed by atoms with van der Waals surface area (Å²) in [7, 11) is 1.69. The number of carbonyl (C=O) groups excluding carboxylic acids is 1. The molecule has 1 aliphatic rings. The Labute approximate surface area is 118 Å². The van der Waals surface area contributed by atoms with E-state index >= 15 is 0 Å². The Morgan fingerprint density at radius 2 is 2.10 bits per heavy atom. The fraction of sp³-hybridized carbons (Fsp3) is 0.533. The Morgan fingerprint density at radius 3 is 2.75 bits per heavy atom. The maximum Gasteiger partial charge on any atom is 0.226 e. The highest BCUT2D eigenvalue weighted by Crippen LogP contribution is 2.21. The summed E-state index contributed by atoms with van der Waals surface area (Å²) < 4.78 is 5.22.